The van der Waals surface area contributed by atoms with Gasteiger partial charge in [0.05, 0.1) is 22.7 Å². The molecule has 1 saturated heterocycles. The Morgan fingerprint density at radius 3 is 2.70 bits per heavy atom. The van der Waals surface area contributed by atoms with Crippen molar-refractivity contribution in [2.45, 2.75) is 20.4 Å². The normalized spacial score (nSPS) is 15.0. The molecule has 1 N–H and O–H groups in total. The summed E-state index contributed by atoms with van der Waals surface area (Å²) in [4.78, 5) is 40.2. The first kappa shape index (κ1) is 23.3. The number of rotatable bonds is 7. The standard InChI is InChI=1S/C23H21ClN4O3S2/c1-14-20(15(2)28(26-14)13-16-6-3-4-8-18(16)24)21(29)25-9-10-27-22(30)19(33-23(27)31)12-17-7-5-11-32-17/h3-8,11-12H,9-10,13H2,1-2H3,(H,25,29). The Morgan fingerprint density at radius 2 is 1.97 bits per heavy atom. The highest BCUT2D eigenvalue weighted by atomic mass is 35.5. The van der Waals surface area contributed by atoms with Crippen LogP contribution in [0, 0.1) is 13.8 Å². The van der Waals surface area contributed by atoms with E-state index in [9.17, 15) is 14.4 Å². The second-order valence-corrected chi connectivity index (χ2v) is 9.78. The van der Waals surface area contributed by atoms with Gasteiger partial charge in [0.25, 0.3) is 17.1 Å². The summed E-state index contributed by atoms with van der Waals surface area (Å²) in [7, 11) is 0. The zero-order valence-electron chi connectivity index (χ0n) is 18.0. The molecule has 3 heterocycles. The topological polar surface area (TPSA) is 84.3 Å². The molecule has 0 unspecified atom stereocenters. The third-order valence-corrected chi connectivity index (χ3v) is 7.29. The van der Waals surface area contributed by atoms with E-state index in [2.05, 4.69) is 10.4 Å². The average molecular weight is 501 g/mol. The lowest BCUT2D eigenvalue weighted by Gasteiger charge is -2.13. The lowest BCUT2D eigenvalue weighted by molar-refractivity contribution is -0.122. The molecule has 10 heteroatoms. The van der Waals surface area contributed by atoms with Gasteiger partial charge in [0.1, 0.15) is 0 Å². The van der Waals surface area contributed by atoms with Crippen LogP contribution in [0.15, 0.2) is 46.7 Å². The molecular weight excluding hydrogens is 480 g/mol. The summed E-state index contributed by atoms with van der Waals surface area (Å²) in [6, 6.07) is 11.3. The molecule has 1 fully saturated rings. The molecule has 33 heavy (non-hydrogen) atoms. The molecule has 0 radical (unpaired) electrons. The molecule has 3 aromatic rings. The van der Waals surface area contributed by atoms with E-state index < -0.39 is 0 Å². The van der Waals surface area contributed by atoms with Gasteiger partial charge in [0.2, 0.25) is 0 Å². The molecular formula is C23H21ClN4O3S2. The van der Waals surface area contributed by atoms with Crippen molar-refractivity contribution in [2.24, 2.45) is 0 Å². The monoisotopic (exact) mass is 500 g/mol. The van der Waals surface area contributed by atoms with Crippen LogP contribution in [-0.2, 0) is 11.3 Å². The van der Waals surface area contributed by atoms with Gasteiger partial charge in [-0.2, -0.15) is 5.10 Å². The van der Waals surface area contributed by atoms with Crippen molar-refractivity contribution >= 4 is 57.8 Å². The number of amides is 3. The quantitative estimate of drug-likeness (QED) is 0.474. The summed E-state index contributed by atoms with van der Waals surface area (Å²) in [5.41, 5.74) is 2.71. The number of imide groups is 1. The van der Waals surface area contributed by atoms with Gasteiger partial charge in [0, 0.05) is 28.7 Å². The van der Waals surface area contributed by atoms with Crippen molar-refractivity contribution < 1.29 is 14.4 Å². The third-order valence-electron chi connectivity index (χ3n) is 5.20. The van der Waals surface area contributed by atoms with Crippen LogP contribution in [0.25, 0.3) is 6.08 Å². The maximum Gasteiger partial charge on any atom is 0.293 e. The Hall–Kier alpha value is -2.88. The SMILES string of the molecule is Cc1nn(Cc2ccccc2Cl)c(C)c1C(=O)NCCN1C(=O)SC(=Cc2cccs2)C1=O. The van der Waals surface area contributed by atoms with Crippen molar-refractivity contribution in [2.75, 3.05) is 13.1 Å². The van der Waals surface area contributed by atoms with Crippen LogP contribution in [0.3, 0.4) is 0 Å². The third kappa shape index (κ3) is 5.05. The number of carbonyl (C=O) groups is 3. The molecule has 4 rings (SSSR count). The Balaban J connectivity index is 1.38. The molecule has 1 aliphatic rings. The van der Waals surface area contributed by atoms with E-state index in [1.165, 1.54) is 11.3 Å². The maximum atomic E-state index is 12.8. The van der Waals surface area contributed by atoms with E-state index in [4.69, 9.17) is 11.6 Å². The van der Waals surface area contributed by atoms with Gasteiger partial charge in [-0.15, -0.1) is 11.3 Å². The number of benzene rings is 1. The first-order valence-electron chi connectivity index (χ1n) is 10.2. The largest absolute Gasteiger partial charge is 0.350 e. The molecule has 7 nitrogen and oxygen atoms in total. The fourth-order valence-electron chi connectivity index (χ4n) is 3.53. The van der Waals surface area contributed by atoms with Crippen LogP contribution in [0.2, 0.25) is 5.02 Å². The number of halogens is 1. The van der Waals surface area contributed by atoms with Gasteiger partial charge in [-0.05, 0) is 54.8 Å². The summed E-state index contributed by atoms with van der Waals surface area (Å²) in [6.07, 6.45) is 1.72. The Labute approximate surface area is 204 Å². The minimum Gasteiger partial charge on any atom is -0.350 e. The van der Waals surface area contributed by atoms with Crippen LogP contribution in [0.4, 0.5) is 4.79 Å². The highest BCUT2D eigenvalue weighted by Crippen LogP contribution is 2.32. The number of thioether (sulfide) groups is 1. The van der Waals surface area contributed by atoms with Gasteiger partial charge in [-0.25, -0.2) is 0 Å². The molecule has 2 aromatic heterocycles. The van der Waals surface area contributed by atoms with Gasteiger partial charge >= 0.3 is 0 Å². The number of carbonyl (C=O) groups excluding carboxylic acids is 3. The van der Waals surface area contributed by atoms with Crippen LogP contribution in [0.1, 0.15) is 32.2 Å². The van der Waals surface area contributed by atoms with Crippen LogP contribution in [0.5, 0.6) is 0 Å². The lowest BCUT2D eigenvalue weighted by Crippen LogP contribution is -2.37. The highest BCUT2D eigenvalue weighted by molar-refractivity contribution is 8.18. The molecule has 0 aliphatic carbocycles. The maximum absolute atomic E-state index is 12.8. The van der Waals surface area contributed by atoms with E-state index in [-0.39, 0.29) is 30.1 Å². The number of nitrogens with one attached hydrogen (secondary N) is 1. The van der Waals surface area contributed by atoms with Crippen molar-refractivity contribution in [3.05, 3.63) is 79.1 Å². The van der Waals surface area contributed by atoms with Crippen LogP contribution >= 0.6 is 34.7 Å². The van der Waals surface area contributed by atoms with E-state index in [1.807, 2.05) is 48.7 Å². The number of thiophene rings is 1. The van der Waals surface area contributed by atoms with E-state index in [1.54, 1.807) is 17.7 Å². The molecule has 0 bridgehead atoms. The van der Waals surface area contributed by atoms with Crippen LogP contribution in [-0.4, -0.2) is 44.8 Å². The smallest absolute Gasteiger partial charge is 0.293 e. The summed E-state index contributed by atoms with van der Waals surface area (Å²) >= 11 is 8.66. The average Bonchev–Trinajstić information content (AvgIpc) is 3.45. The lowest BCUT2D eigenvalue weighted by atomic mass is 10.1. The van der Waals surface area contributed by atoms with Gasteiger partial charge in [-0.3, -0.25) is 24.0 Å². The number of nitrogens with zero attached hydrogens (tertiary/aromatic N) is 3. The second-order valence-electron chi connectivity index (χ2n) is 7.40. The first-order chi connectivity index (χ1) is 15.8. The Bertz CT molecular complexity index is 1250. The zero-order chi connectivity index (χ0) is 23.5. The van der Waals surface area contributed by atoms with Crippen molar-refractivity contribution in [1.82, 2.24) is 20.0 Å². The summed E-state index contributed by atoms with van der Waals surface area (Å²) in [6.45, 7) is 4.31. The number of hydrogen-bond donors (Lipinski definition) is 1. The molecule has 1 aliphatic heterocycles. The highest BCUT2D eigenvalue weighted by Gasteiger charge is 2.34. The number of aryl methyl sites for hydroxylation is 1. The van der Waals surface area contributed by atoms with Crippen molar-refractivity contribution in [1.29, 1.82) is 0 Å². The Kier molecular flexibility index (Phi) is 7.02. The second kappa shape index (κ2) is 9.94. The fraction of sp³-hybridized carbons (Fsp3) is 0.217. The summed E-state index contributed by atoms with van der Waals surface area (Å²) < 4.78 is 1.75. The van der Waals surface area contributed by atoms with Gasteiger partial charge in [-0.1, -0.05) is 35.9 Å². The molecule has 3 amide bonds. The molecule has 0 atom stereocenters. The fourth-order valence-corrected chi connectivity index (χ4v) is 5.32. The molecule has 170 valence electrons. The predicted molar refractivity (Wildman–Crippen MR) is 132 cm³/mol. The van der Waals surface area contributed by atoms with E-state index in [0.29, 0.717) is 27.7 Å². The minimum atomic E-state index is -0.340. The number of aromatic nitrogens is 2. The minimum absolute atomic E-state index is 0.101. The van der Waals surface area contributed by atoms with E-state index >= 15 is 0 Å². The Morgan fingerprint density at radius 1 is 1.18 bits per heavy atom. The van der Waals surface area contributed by atoms with E-state index in [0.717, 1.165) is 32.8 Å². The first-order valence-corrected chi connectivity index (χ1v) is 12.3. The number of hydrogen-bond acceptors (Lipinski definition) is 6. The molecule has 0 spiro atoms. The summed E-state index contributed by atoms with van der Waals surface area (Å²) in [5, 5.41) is 9.51. The van der Waals surface area contributed by atoms with Gasteiger partial charge in [0.15, 0.2) is 0 Å². The van der Waals surface area contributed by atoms with Crippen molar-refractivity contribution in [3.8, 4) is 0 Å². The zero-order valence-corrected chi connectivity index (χ0v) is 20.4. The van der Waals surface area contributed by atoms with Crippen LogP contribution < -0.4 is 5.32 Å². The van der Waals surface area contributed by atoms with Crippen molar-refractivity contribution in [3.63, 3.8) is 0 Å². The summed E-state index contributed by atoms with van der Waals surface area (Å²) in [5.74, 6) is -0.635. The van der Waals surface area contributed by atoms with Gasteiger partial charge < -0.3 is 5.32 Å². The molecule has 0 saturated carbocycles. The predicted octanol–water partition coefficient (Wildman–Crippen LogP) is 4.73. The molecule has 1 aromatic carbocycles.